The van der Waals surface area contributed by atoms with Crippen molar-refractivity contribution < 1.29 is 9.53 Å². The number of nitrogens with zero attached hydrogens (tertiary/aromatic N) is 3. The van der Waals surface area contributed by atoms with Crippen LogP contribution in [0, 0.1) is 0 Å². The summed E-state index contributed by atoms with van der Waals surface area (Å²) >= 11 is 0. The average Bonchev–Trinajstić information content (AvgIpc) is 3.11. The summed E-state index contributed by atoms with van der Waals surface area (Å²) in [5.41, 5.74) is 1.50. The van der Waals surface area contributed by atoms with Crippen LogP contribution in [0.15, 0.2) is 24.3 Å². The molecule has 3 rings (SSSR count). The second kappa shape index (κ2) is 6.29. The van der Waals surface area contributed by atoms with Gasteiger partial charge in [0.05, 0.1) is 24.2 Å². The van der Waals surface area contributed by atoms with Crippen LogP contribution < -0.4 is 5.32 Å². The van der Waals surface area contributed by atoms with Crippen LogP contribution >= 0.6 is 0 Å². The van der Waals surface area contributed by atoms with Gasteiger partial charge in [-0.2, -0.15) is 0 Å². The highest BCUT2D eigenvalue weighted by molar-refractivity contribution is 5.86. The third-order valence-electron chi connectivity index (χ3n) is 4.87. The number of likely N-dealkylation sites (N-methyl/N-ethyl adjacent to an activating group) is 1. The van der Waals surface area contributed by atoms with E-state index in [1.54, 1.807) is 14.2 Å². The Hall–Kier alpha value is -1.92. The van der Waals surface area contributed by atoms with Gasteiger partial charge in [-0.25, -0.2) is 4.98 Å². The maximum Gasteiger partial charge on any atom is 0.242 e. The van der Waals surface area contributed by atoms with Gasteiger partial charge in [0.25, 0.3) is 0 Å². The smallest absolute Gasteiger partial charge is 0.242 e. The standard InChI is InChI=1S/C17H24N4O2/c1-18-16(22)17(12-23-3)9-6-10-21(17)11-15-19-13-7-4-5-8-14(13)20(15)2/h4-5,7-8H,6,9-12H2,1-3H3,(H,18,22). The van der Waals surface area contributed by atoms with E-state index in [4.69, 9.17) is 9.72 Å². The number of ether oxygens (including phenoxy) is 1. The van der Waals surface area contributed by atoms with E-state index >= 15 is 0 Å². The van der Waals surface area contributed by atoms with Gasteiger partial charge in [-0.05, 0) is 31.5 Å². The first-order chi connectivity index (χ1) is 11.1. The summed E-state index contributed by atoms with van der Waals surface area (Å²) in [6.07, 6.45) is 1.80. The molecule has 1 aromatic heterocycles. The van der Waals surface area contributed by atoms with Gasteiger partial charge in [-0.1, -0.05) is 12.1 Å². The lowest BCUT2D eigenvalue weighted by atomic mass is 9.96. The summed E-state index contributed by atoms with van der Waals surface area (Å²) in [7, 11) is 5.36. The Morgan fingerprint density at radius 1 is 1.43 bits per heavy atom. The Morgan fingerprint density at radius 3 is 2.91 bits per heavy atom. The summed E-state index contributed by atoms with van der Waals surface area (Å²) in [4.78, 5) is 19.5. The second-order valence-corrected chi connectivity index (χ2v) is 6.14. The molecule has 6 heteroatoms. The molecule has 2 aromatic rings. The van der Waals surface area contributed by atoms with Gasteiger partial charge in [-0.15, -0.1) is 0 Å². The minimum absolute atomic E-state index is 0.0237. The van der Waals surface area contributed by atoms with Crippen LogP contribution in [0.2, 0.25) is 0 Å². The summed E-state index contributed by atoms with van der Waals surface area (Å²) < 4.78 is 7.49. The van der Waals surface area contributed by atoms with Crippen LogP contribution in [-0.4, -0.2) is 53.2 Å². The van der Waals surface area contributed by atoms with Gasteiger partial charge in [0.15, 0.2) is 0 Å². The highest BCUT2D eigenvalue weighted by atomic mass is 16.5. The summed E-state index contributed by atoms with van der Waals surface area (Å²) in [6, 6.07) is 8.10. The van der Waals surface area contributed by atoms with Crippen molar-refractivity contribution in [2.45, 2.75) is 24.9 Å². The van der Waals surface area contributed by atoms with E-state index in [2.05, 4.69) is 20.9 Å². The molecule has 1 fully saturated rings. The van der Waals surface area contributed by atoms with E-state index in [0.717, 1.165) is 36.2 Å². The first kappa shape index (κ1) is 16.0. The highest BCUT2D eigenvalue weighted by Gasteiger charge is 2.47. The average molecular weight is 316 g/mol. The number of aromatic nitrogens is 2. The first-order valence-corrected chi connectivity index (χ1v) is 7.99. The third kappa shape index (κ3) is 2.62. The number of rotatable bonds is 5. The van der Waals surface area contributed by atoms with Gasteiger partial charge in [-0.3, -0.25) is 9.69 Å². The van der Waals surface area contributed by atoms with Gasteiger partial charge in [0, 0.05) is 21.2 Å². The Labute approximate surface area is 136 Å². The molecule has 1 amide bonds. The van der Waals surface area contributed by atoms with E-state index in [0.29, 0.717) is 13.2 Å². The van der Waals surface area contributed by atoms with Crippen LogP contribution in [0.5, 0.6) is 0 Å². The molecule has 1 aliphatic heterocycles. The molecule has 1 aromatic carbocycles. The number of aryl methyl sites for hydroxylation is 1. The van der Waals surface area contributed by atoms with Crippen molar-refractivity contribution >= 4 is 16.9 Å². The molecule has 0 saturated carbocycles. The normalized spacial score (nSPS) is 21.9. The molecule has 1 saturated heterocycles. The number of likely N-dealkylation sites (tertiary alicyclic amines) is 1. The maximum absolute atomic E-state index is 12.5. The molecule has 124 valence electrons. The summed E-state index contributed by atoms with van der Waals surface area (Å²) in [5.74, 6) is 0.994. The monoisotopic (exact) mass is 316 g/mol. The van der Waals surface area contributed by atoms with Crippen LogP contribution in [0.25, 0.3) is 11.0 Å². The molecule has 1 aliphatic rings. The molecule has 0 aliphatic carbocycles. The molecular formula is C17H24N4O2. The number of hydrogen-bond acceptors (Lipinski definition) is 4. The number of methoxy groups -OCH3 is 1. The fraction of sp³-hybridized carbons (Fsp3) is 0.529. The van der Waals surface area contributed by atoms with Crippen molar-refractivity contribution in [3.8, 4) is 0 Å². The van der Waals surface area contributed by atoms with Crippen LogP contribution in [0.4, 0.5) is 0 Å². The predicted octanol–water partition coefficient (Wildman–Crippen LogP) is 1.30. The van der Waals surface area contributed by atoms with Crippen molar-refractivity contribution in [2.75, 3.05) is 27.3 Å². The van der Waals surface area contributed by atoms with Crippen molar-refractivity contribution in [3.63, 3.8) is 0 Å². The minimum atomic E-state index is -0.596. The predicted molar refractivity (Wildman–Crippen MR) is 89.0 cm³/mol. The molecule has 0 radical (unpaired) electrons. The van der Waals surface area contributed by atoms with Crippen molar-refractivity contribution in [1.29, 1.82) is 0 Å². The number of benzene rings is 1. The topological polar surface area (TPSA) is 59.4 Å². The van der Waals surface area contributed by atoms with Crippen LogP contribution in [0.1, 0.15) is 18.7 Å². The number of imidazole rings is 1. The van der Waals surface area contributed by atoms with Crippen LogP contribution in [-0.2, 0) is 23.1 Å². The largest absolute Gasteiger partial charge is 0.382 e. The molecule has 6 nitrogen and oxygen atoms in total. The fourth-order valence-electron chi connectivity index (χ4n) is 3.63. The lowest BCUT2D eigenvalue weighted by Gasteiger charge is -2.35. The number of nitrogens with one attached hydrogen (secondary N) is 1. The maximum atomic E-state index is 12.5. The number of amides is 1. The third-order valence-corrected chi connectivity index (χ3v) is 4.87. The lowest BCUT2D eigenvalue weighted by Crippen LogP contribution is -2.57. The summed E-state index contributed by atoms with van der Waals surface area (Å²) in [5, 5.41) is 2.80. The van der Waals surface area contributed by atoms with Crippen molar-refractivity contribution in [3.05, 3.63) is 30.1 Å². The number of fused-ring (bicyclic) bond motifs is 1. The second-order valence-electron chi connectivity index (χ2n) is 6.14. The van der Waals surface area contributed by atoms with E-state index in [1.165, 1.54) is 0 Å². The molecule has 0 spiro atoms. The molecular weight excluding hydrogens is 292 g/mol. The van der Waals surface area contributed by atoms with Gasteiger partial charge < -0.3 is 14.6 Å². The fourth-order valence-corrected chi connectivity index (χ4v) is 3.63. The molecule has 23 heavy (non-hydrogen) atoms. The number of carbonyl (C=O) groups is 1. The SMILES string of the molecule is CNC(=O)C1(COC)CCCN1Cc1nc2ccccc2n1C. The molecule has 1 atom stereocenters. The van der Waals surface area contributed by atoms with E-state index in [9.17, 15) is 4.79 Å². The molecule has 1 unspecified atom stereocenters. The van der Waals surface area contributed by atoms with Crippen molar-refractivity contribution in [1.82, 2.24) is 19.8 Å². The van der Waals surface area contributed by atoms with E-state index < -0.39 is 5.54 Å². The quantitative estimate of drug-likeness (QED) is 0.903. The van der Waals surface area contributed by atoms with Crippen LogP contribution in [0.3, 0.4) is 0 Å². The molecule has 2 heterocycles. The Bertz CT molecular complexity index is 712. The highest BCUT2D eigenvalue weighted by Crippen LogP contribution is 2.32. The summed E-state index contributed by atoms with van der Waals surface area (Å²) in [6.45, 7) is 1.92. The first-order valence-electron chi connectivity index (χ1n) is 7.99. The minimum Gasteiger partial charge on any atom is -0.382 e. The Kier molecular flexibility index (Phi) is 4.37. The number of hydrogen-bond donors (Lipinski definition) is 1. The van der Waals surface area contributed by atoms with Gasteiger partial charge >= 0.3 is 0 Å². The lowest BCUT2D eigenvalue weighted by molar-refractivity contribution is -0.135. The Morgan fingerprint density at radius 2 is 2.22 bits per heavy atom. The van der Waals surface area contributed by atoms with Gasteiger partial charge in [0.1, 0.15) is 11.4 Å². The molecule has 1 N–H and O–H groups in total. The zero-order valence-electron chi connectivity index (χ0n) is 14.0. The van der Waals surface area contributed by atoms with E-state index in [-0.39, 0.29) is 5.91 Å². The van der Waals surface area contributed by atoms with E-state index in [1.807, 2.05) is 25.2 Å². The van der Waals surface area contributed by atoms with Crippen molar-refractivity contribution in [2.24, 2.45) is 7.05 Å². The Balaban J connectivity index is 1.93. The van der Waals surface area contributed by atoms with Gasteiger partial charge in [0.2, 0.25) is 5.91 Å². The zero-order chi connectivity index (χ0) is 16.4. The number of carbonyl (C=O) groups excluding carboxylic acids is 1. The number of para-hydroxylation sites is 2. The molecule has 0 bridgehead atoms. The zero-order valence-corrected chi connectivity index (χ0v) is 14.0.